The molecule has 0 saturated carbocycles. The Morgan fingerprint density at radius 2 is 1.73 bits per heavy atom. The Kier molecular flexibility index (Phi) is 4.51. The lowest BCUT2D eigenvalue weighted by atomic mass is 10.0. The van der Waals surface area contributed by atoms with Crippen molar-refractivity contribution >= 4 is 35.0 Å². The van der Waals surface area contributed by atoms with E-state index in [1.54, 1.807) is 16.9 Å². The Labute approximate surface area is 179 Å². The standard InChI is InChI=1S/C24H20N2O3S/c1-29-19-11-7-8-17(14-19)15-25-21-13-6-5-12-20(21)24(23(25)28)26(22(27)16-30-24)18-9-3-2-4-10-18/h2-14H,15-16H2,1H3/t24-/m0/s1. The van der Waals surface area contributed by atoms with E-state index in [2.05, 4.69) is 0 Å². The van der Waals surface area contributed by atoms with Crippen molar-refractivity contribution in [1.82, 2.24) is 0 Å². The Bertz CT molecular complexity index is 1130. The second-order valence-corrected chi connectivity index (χ2v) is 8.43. The van der Waals surface area contributed by atoms with Gasteiger partial charge in [0.1, 0.15) is 5.75 Å². The van der Waals surface area contributed by atoms with E-state index < -0.39 is 4.87 Å². The van der Waals surface area contributed by atoms with Crippen molar-refractivity contribution < 1.29 is 14.3 Å². The number of carbonyl (C=O) groups is 2. The number of nitrogens with zero attached hydrogens (tertiary/aromatic N) is 2. The summed E-state index contributed by atoms with van der Waals surface area (Å²) in [5.41, 5.74) is 3.40. The number of thioether (sulfide) groups is 1. The fourth-order valence-corrected chi connectivity index (χ4v) is 5.60. The zero-order valence-electron chi connectivity index (χ0n) is 16.4. The molecule has 0 radical (unpaired) electrons. The van der Waals surface area contributed by atoms with Crippen LogP contribution in [0.2, 0.25) is 0 Å². The number of methoxy groups -OCH3 is 1. The van der Waals surface area contributed by atoms with Crippen LogP contribution in [0.25, 0.3) is 0 Å². The number of carbonyl (C=O) groups excluding carboxylic acids is 2. The van der Waals surface area contributed by atoms with Gasteiger partial charge in [-0.05, 0) is 35.9 Å². The highest BCUT2D eigenvalue weighted by Crippen LogP contribution is 2.55. The minimum absolute atomic E-state index is 0.0578. The Morgan fingerprint density at radius 3 is 2.53 bits per heavy atom. The molecule has 2 amide bonds. The molecule has 1 saturated heterocycles. The van der Waals surface area contributed by atoms with Crippen molar-refractivity contribution in [1.29, 1.82) is 0 Å². The minimum atomic E-state index is -1.08. The molecule has 1 fully saturated rings. The van der Waals surface area contributed by atoms with Gasteiger partial charge in [0.05, 0.1) is 25.1 Å². The van der Waals surface area contributed by atoms with Gasteiger partial charge < -0.3 is 9.64 Å². The molecule has 3 aromatic carbocycles. The third-order valence-electron chi connectivity index (χ3n) is 5.55. The molecule has 2 aliphatic rings. The van der Waals surface area contributed by atoms with Crippen LogP contribution in [-0.2, 0) is 21.0 Å². The van der Waals surface area contributed by atoms with Crippen LogP contribution in [0.15, 0.2) is 78.9 Å². The fraction of sp³-hybridized carbons (Fsp3) is 0.167. The summed E-state index contributed by atoms with van der Waals surface area (Å²) in [6.45, 7) is 0.409. The van der Waals surface area contributed by atoms with Crippen molar-refractivity contribution in [2.45, 2.75) is 11.4 Å². The topological polar surface area (TPSA) is 49.9 Å². The highest BCUT2D eigenvalue weighted by Gasteiger charge is 2.60. The average molecular weight is 417 g/mol. The summed E-state index contributed by atoms with van der Waals surface area (Å²) in [6, 6.07) is 24.9. The Morgan fingerprint density at radius 1 is 0.967 bits per heavy atom. The molecule has 1 spiro atoms. The number of amides is 2. The molecule has 5 rings (SSSR count). The van der Waals surface area contributed by atoms with Crippen molar-refractivity contribution in [2.24, 2.45) is 0 Å². The SMILES string of the molecule is COc1cccc(CN2C(=O)[C@@]3(SCC(=O)N3c3ccccc3)c3ccccc32)c1. The zero-order chi connectivity index (χ0) is 20.7. The van der Waals surface area contributed by atoms with E-state index in [-0.39, 0.29) is 17.6 Å². The molecule has 0 unspecified atom stereocenters. The first-order valence-corrected chi connectivity index (χ1v) is 10.7. The highest BCUT2D eigenvalue weighted by molar-refractivity contribution is 8.02. The van der Waals surface area contributed by atoms with Crippen LogP contribution in [-0.4, -0.2) is 24.7 Å². The summed E-state index contributed by atoms with van der Waals surface area (Å²) in [4.78, 5) is 29.3. The van der Waals surface area contributed by atoms with Crippen LogP contribution in [0.1, 0.15) is 11.1 Å². The van der Waals surface area contributed by atoms with Crippen molar-refractivity contribution in [3.05, 3.63) is 90.0 Å². The maximum Gasteiger partial charge on any atom is 0.269 e. The quantitative estimate of drug-likeness (QED) is 0.640. The number of hydrogen-bond donors (Lipinski definition) is 0. The van der Waals surface area contributed by atoms with Crippen LogP contribution in [0.5, 0.6) is 5.75 Å². The lowest BCUT2D eigenvalue weighted by molar-refractivity contribution is -0.123. The lowest BCUT2D eigenvalue weighted by Gasteiger charge is -2.33. The van der Waals surface area contributed by atoms with E-state index in [4.69, 9.17) is 4.74 Å². The monoisotopic (exact) mass is 416 g/mol. The van der Waals surface area contributed by atoms with Gasteiger partial charge in [-0.3, -0.25) is 14.5 Å². The maximum absolute atomic E-state index is 14.0. The first kappa shape index (κ1) is 18.8. The van der Waals surface area contributed by atoms with Gasteiger partial charge in [0.15, 0.2) is 0 Å². The highest BCUT2D eigenvalue weighted by atomic mass is 32.2. The lowest BCUT2D eigenvalue weighted by Crippen LogP contribution is -2.49. The predicted molar refractivity (Wildman–Crippen MR) is 119 cm³/mol. The van der Waals surface area contributed by atoms with Crippen molar-refractivity contribution in [2.75, 3.05) is 22.7 Å². The van der Waals surface area contributed by atoms with E-state index in [0.29, 0.717) is 6.54 Å². The summed E-state index contributed by atoms with van der Waals surface area (Å²) in [7, 11) is 1.63. The Balaban J connectivity index is 1.62. The summed E-state index contributed by atoms with van der Waals surface area (Å²) >= 11 is 1.40. The van der Waals surface area contributed by atoms with Gasteiger partial charge in [-0.2, -0.15) is 0 Å². The summed E-state index contributed by atoms with van der Waals surface area (Å²) in [5, 5.41) is 0. The molecule has 0 N–H and O–H groups in total. The van der Waals surface area contributed by atoms with Crippen molar-refractivity contribution in [3.63, 3.8) is 0 Å². The smallest absolute Gasteiger partial charge is 0.269 e. The number of ether oxygens (including phenoxy) is 1. The third-order valence-corrected chi connectivity index (χ3v) is 6.94. The molecule has 150 valence electrons. The number of para-hydroxylation sites is 2. The number of hydrogen-bond acceptors (Lipinski definition) is 4. The first-order chi connectivity index (χ1) is 14.6. The van der Waals surface area contributed by atoms with E-state index >= 15 is 0 Å². The van der Waals surface area contributed by atoms with E-state index in [0.717, 1.165) is 28.3 Å². The van der Waals surface area contributed by atoms with Gasteiger partial charge in [-0.15, -0.1) is 11.8 Å². The van der Waals surface area contributed by atoms with Crippen LogP contribution in [0.3, 0.4) is 0 Å². The molecule has 30 heavy (non-hydrogen) atoms. The molecule has 2 aliphatic heterocycles. The van der Waals surface area contributed by atoms with Crippen LogP contribution >= 0.6 is 11.8 Å². The van der Waals surface area contributed by atoms with Gasteiger partial charge in [0.2, 0.25) is 10.8 Å². The molecule has 1 atom stereocenters. The van der Waals surface area contributed by atoms with Crippen LogP contribution < -0.4 is 14.5 Å². The molecule has 0 aromatic heterocycles. The molecule has 2 heterocycles. The first-order valence-electron chi connectivity index (χ1n) is 9.71. The molecule has 3 aromatic rings. The summed E-state index contributed by atoms with van der Waals surface area (Å²) in [5.74, 6) is 0.865. The third kappa shape index (κ3) is 2.71. The largest absolute Gasteiger partial charge is 0.497 e. The molecule has 6 heteroatoms. The second-order valence-electron chi connectivity index (χ2n) is 7.26. The van der Waals surface area contributed by atoms with Gasteiger partial charge in [0, 0.05) is 11.3 Å². The zero-order valence-corrected chi connectivity index (χ0v) is 17.3. The van der Waals surface area contributed by atoms with Crippen LogP contribution in [0, 0.1) is 0 Å². The predicted octanol–water partition coefficient (Wildman–Crippen LogP) is 4.17. The van der Waals surface area contributed by atoms with E-state index in [1.807, 2.05) is 78.9 Å². The summed E-state index contributed by atoms with van der Waals surface area (Å²) < 4.78 is 5.34. The van der Waals surface area contributed by atoms with E-state index in [9.17, 15) is 9.59 Å². The van der Waals surface area contributed by atoms with Gasteiger partial charge in [0.25, 0.3) is 5.91 Å². The average Bonchev–Trinajstić information content (AvgIpc) is 3.25. The molecular formula is C24H20N2O3S. The van der Waals surface area contributed by atoms with Crippen LogP contribution in [0.4, 0.5) is 11.4 Å². The molecule has 0 aliphatic carbocycles. The number of fused-ring (bicyclic) bond motifs is 2. The maximum atomic E-state index is 14.0. The number of rotatable bonds is 4. The van der Waals surface area contributed by atoms with E-state index in [1.165, 1.54) is 11.8 Å². The Hall–Kier alpha value is -3.25. The molecule has 5 nitrogen and oxygen atoms in total. The molecule has 0 bridgehead atoms. The van der Waals surface area contributed by atoms with Gasteiger partial charge in [-0.1, -0.05) is 48.5 Å². The second kappa shape index (κ2) is 7.22. The minimum Gasteiger partial charge on any atom is -0.497 e. The van der Waals surface area contributed by atoms with Crippen molar-refractivity contribution in [3.8, 4) is 5.75 Å². The molecular weight excluding hydrogens is 396 g/mol. The van der Waals surface area contributed by atoms with Gasteiger partial charge in [-0.25, -0.2) is 0 Å². The number of benzene rings is 3. The normalized spacial score (nSPS) is 20.2. The fourth-order valence-electron chi connectivity index (χ4n) is 4.24. The number of anilines is 2. The van der Waals surface area contributed by atoms with Gasteiger partial charge >= 0.3 is 0 Å². The summed E-state index contributed by atoms with van der Waals surface area (Å²) in [6.07, 6.45) is 0.